The molecule has 2 aliphatic rings. The molecule has 0 aromatic heterocycles. The molecule has 0 saturated carbocycles. The summed E-state index contributed by atoms with van der Waals surface area (Å²) in [5.41, 5.74) is 0.875. The number of phenolic OH excluding ortho intramolecular Hbond substituents is 12. The molecule has 13 N–H and O–H groups in total. The summed E-state index contributed by atoms with van der Waals surface area (Å²) < 4.78 is 16.9. The first kappa shape index (κ1) is 36.5. The van der Waals surface area contributed by atoms with Crippen LogP contribution >= 0.6 is 0 Å². The molecule has 1 unspecified atom stereocenters. The molecular weight excluding hydrogens is 716 g/mol. The van der Waals surface area contributed by atoms with Crippen molar-refractivity contribution in [3.05, 3.63) is 94.5 Å². The van der Waals surface area contributed by atoms with Crippen LogP contribution < -0.4 is 9.47 Å². The summed E-state index contributed by atoms with van der Waals surface area (Å²) in [5, 5.41) is 127. The molecule has 2 heterocycles. The summed E-state index contributed by atoms with van der Waals surface area (Å²) in [7, 11) is 0. The third-order valence-electron chi connectivity index (χ3n) is 8.67. The minimum absolute atomic E-state index is 0.0526. The molecule has 17 nitrogen and oxygen atoms in total. The van der Waals surface area contributed by atoms with Crippen LogP contribution in [0.1, 0.15) is 44.8 Å². The normalized spacial score (nSPS) is 18.5. The van der Waals surface area contributed by atoms with Crippen LogP contribution in [0, 0.1) is 0 Å². The van der Waals surface area contributed by atoms with Crippen LogP contribution in [0.4, 0.5) is 0 Å². The molecule has 0 bridgehead atoms. The molecule has 282 valence electrons. The van der Waals surface area contributed by atoms with E-state index < -0.39 is 64.9 Å². The van der Waals surface area contributed by atoms with Crippen LogP contribution in [0.15, 0.2) is 66.7 Å². The zero-order valence-corrected chi connectivity index (χ0v) is 27.5. The SMILES string of the molecule is O=C(OC1Cc2c(O)cc(O)cc2O[C@@H]1c1cc(O)c(O)c(O)c1)c1cc(O)c(O)c(O)c1.Oc1cc(O)c2c(c1)O[C@@H](c1ccc(O)c(O)c1)[C@H](O)C2. The van der Waals surface area contributed by atoms with Crippen LogP contribution in [-0.2, 0) is 17.6 Å². The van der Waals surface area contributed by atoms with Gasteiger partial charge in [-0.25, -0.2) is 4.79 Å². The Kier molecular flexibility index (Phi) is 9.49. The van der Waals surface area contributed by atoms with Crippen molar-refractivity contribution in [2.24, 2.45) is 0 Å². The van der Waals surface area contributed by atoms with Gasteiger partial charge in [0.15, 0.2) is 52.1 Å². The number of benzene rings is 5. The number of hydrogen-bond donors (Lipinski definition) is 13. The number of ether oxygens (including phenoxy) is 3. The van der Waals surface area contributed by atoms with Crippen molar-refractivity contribution < 1.29 is 85.4 Å². The summed E-state index contributed by atoms with van der Waals surface area (Å²) in [5.74, 6) is -6.65. The molecule has 0 aliphatic carbocycles. The van der Waals surface area contributed by atoms with Crippen molar-refractivity contribution in [2.45, 2.75) is 37.3 Å². The lowest BCUT2D eigenvalue weighted by Gasteiger charge is -2.34. The second-order valence-electron chi connectivity index (χ2n) is 12.4. The Morgan fingerprint density at radius 2 is 1.00 bits per heavy atom. The fraction of sp³-hybridized carbons (Fsp3) is 0.162. The molecule has 0 spiro atoms. The summed E-state index contributed by atoms with van der Waals surface area (Å²) in [6.07, 6.45) is -4.05. The highest BCUT2D eigenvalue weighted by Crippen LogP contribution is 2.47. The number of aliphatic hydroxyl groups excluding tert-OH is 1. The predicted octanol–water partition coefficient (Wildman–Crippen LogP) is 3.78. The van der Waals surface area contributed by atoms with Gasteiger partial charge >= 0.3 is 5.97 Å². The average molecular weight is 749 g/mol. The molecule has 7 rings (SSSR count). The number of carbonyl (C=O) groups is 1. The van der Waals surface area contributed by atoms with Crippen molar-refractivity contribution in [1.82, 2.24) is 0 Å². The standard InChI is InChI=1S/C22H18O11.C15H14O6/c23-10-5-12(24)11-7-18(33-22(31)9-3-15(27)20(30)16(28)4-9)21(32-17(11)6-10)8-1-13(25)19(29)14(26)2-8;16-8-4-11(18)9-6-13(20)15(21-14(9)5-8)7-1-2-10(17)12(19)3-7/h1-6,18,21,23-30H,7H2;1-5,13,15-20H,6H2/t18?,21-;13-,15+/m11/s1. The largest absolute Gasteiger partial charge is 0.508 e. The Labute approximate surface area is 303 Å². The molecule has 5 aromatic carbocycles. The Balaban J connectivity index is 0.000000203. The van der Waals surface area contributed by atoms with Gasteiger partial charge in [0, 0.05) is 53.8 Å². The molecule has 4 atom stereocenters. The smallest absolute Gasteiger partial charge is 0.338 e. The van der Waals surface area contributed by atoms with Gasteiger partial charge in [0.1, 0.15) is 46.7 Å². The van der Waals surface area contributed by atoms with Gasteiger partial charge in [-0.1, -0.05) is 6.07 Å². The number of phenols is 12. The topological polar surface area (TPSA) is 308 Å². The van der Waals surface area contributed by atoms with Gasteiger partial charge in [0.2, 0.25) is 0 Å². The van der Waals surface area contributed by atoms with Crippen LogP contribution in [0.5, 0.6) is 80.5 Å². The predicted molar refractivity (Wildman–Crippen MR) is 182 cm³/mol. The van der Waals surface area contributed by atoms with Gasteiger partial charge < -0.3 is 80.6 Å². The highest BCUT2D eigenvalue weighted by molar-refractivity contribution is 5.91. The monoisotopic (exact) mass is 748 g/mol. The van der Waals surface area contributed by atoms with E-state index in [0.29, 0.717) is 11.1 Å². The Bertz CT molecular complexity index is 2220. The van der Waals surface area contributed by atoms with Gasteiger partial charge in [-0.15, -0.1) is 0 Å². The maximum atomic E-state index is 12.7. The van der Waals surface area contributed by atoms with E-state index in [2.05, 4.69) is 0 Å². The molecule has 54 heavy (non-hydrogen) atoms. The number of esters is 1. The van der Waals surface area contributed by atoms with Crippen molar-refractivity contribution in [3.63, 3.8) is 0 Å². The van der Waals surface area contributed by atoms with Gasteiger partial charge in [-0.3, -0.25) is 0 Å². The number of aliphatic hydroxyl groups is 1. The summed E-state index contributed by atoms with van der Waals surface area (Å²) >= 11 is 0. The zero-order chi connectivity index (χ0) is 39.2. The molecule has 0 fully saturated rings. The fourth-order valence-corrected chi connectivity index (χ4v) is 6.02. The summed E-state index contributed by atoms with van der Waals surface area (Å²) in [6.45, 7) is 0. The number of aromatic hydroxyl groups is 12. The molecular formula is C37H32O17. The van der Waals surface area contributed by atoms with Gasteiger partial charge in [0.25, 0.3) is 0 Å². The van der Waals surface area contributed by atoms with Crippen molar-refractivity contribution >= 4 is 5.97 Å². The van der Waals surface area contributed by atoms with Crippen LogP contribution in [-0.4, -0.2) is 84.6 Å². The Hall–Kier alpha value is -7.27. The fourth-order valence-electron chi connectivity index (χ4n) is 6.02. The first-order valence-electron chi connectivity index (χ1n) is 15.8. The van der Waals surface area contributed by atoms with Gasteiger partial charge in [-0.2, -0.15) is 0 Å². The van der Waals surface area contributed by atoms with Crippen LogP contribution in [0.25, 0.3) is 0 Å². The lowest BCUT2D eigenvalue weighted by Crippen LogP contribution is -2.34. The third kappa shape index (κ3) is 7.10. The zero-order valence-electron chi connectivity index (χ0n) is 27.5. The minimum atomic E-state index is -1.18. The van der Waals surface area contributed by atoms with Gasteiger partial charge in [0.05, 0.1) is 11.7 Å². The third-order valence-corrected chi connectivity index (χ3v) is 8.67. The molecule has 0 amide bonds. The molecule has 17 heteroatoms. The molecule has 0 saturated heterocycles. The van der Waals surface area contributed by atoms with E-state index in [1.165, 1.54) is 36.4 Å². The lowest BCUT2D eigenvalue weighted by atomic mass is 9.93. The van der Waals surface area contributed by atoms with E-state index in [4.69, 9.17) is 14.2 Å². The van der Waals surface area contributed by atoms with Crippen molar-refractivity contribution in [1.29, 1.82) is 0 Å². The van der Waals surface area contributed by atoms with Crippen LogP contribution in [0.3, 0.4) is 0 Å². The van der Waals surface area contributed by atoms with E-state index in [0.717, 1.165) is 30.3 Å². The Morgan fingerprint density at radius 3 is 1.54 bits per heavy atom. The maximum Gasteiger partial charge on any atom is 0.338 e. The van der Waals surface area contributed by atoms with Crippen molar-refractivity contribution in [3.8, 4) is 80.5 Å². The highest BCUT2D eigenvalue weighted by atomic mass is 16.6. The maximum absolute atomic E-state index is 12.7. The first-order chi connectivity index (χ1) is 25.5. The first-order valence-corrected chi connectivity index (χ1v) is 15.8. The van der Waals surface area contributed by atoms with Crippen LogP contribution in [0.2, 0.25) is 0 Å². The second-order valence-corrected chi connectivity index (χ2v) is 12.4. The highest BCUT2D eigenvalue weighted by Gasteiger charge is 2.38. The van der Waals surface area contributed by atoms with E-state index in [-0.39, 0.29) is 75.5 Å². The van der Waals surface area contributed by atoms with Gasteiger partial charge in [-0.05, 0) is 42.0 Å². The summed E-state index contributed by atoms with van der Waals surface area (Å²) in [6, 6.07) is 12.8. The van der Waals surface area contributed by atoms with E-state index >= 15 is 0 Å². The van der Waals surface area contributed by atoms with E-state index in [1.807, 2.05) is 0 Å². The number of fused-ring (bicyclic) bond motifs is 2. The number of carbonyl (C=O) groups excluding carboxylic acids is 1. The lowest BCUT2D eigenvalue weighted by molar-refractivity contribution is -0.0189. The number of hydrogen-bond acceptors (Lipinski definition) is 17. The summed E-state index contributed by atoms with van der Waals surface area (Å²) in [4.78, 5) is 12.7. The molecule has 0 radical (unpaired) electrons. The molecule has 2 aliphatic heterocycles. The second kappa shape index (κ2) is 14.0. The van der Waals surface area contributed by atoms with E-state index in [9.17, 15) is 71.2 Å². The number of rotatable bonds is 4. The minimum Gasteiger partial charge on any atom is -0.508 e. The van der Waals surface area contributed by atoms with Crippen molar-refractivity contribution in [2.75, 3.05) is 0 Å². The van der Waals surface area contributed by atoms with E-state index in [1.54, 1.807) is 0 Å². The Morgan fingerprint density at radius 1 is 0.519 bits per heavy atom. The average Bonchev–Trinajstić information content (AvgIpc) is 3.10. The quantitative estimate of drug-likeness (QED) is 0.0918. The molecule has 5 aromatic rings.